The van der Waals surface area contributed by atoms with Crippen LogP contribution >= 0.6 is 11.6 Å². The Balaban J connectivity index is 1.36. The van der Waals surface area contributed by atoms with Crippen LogP contribution in [0.5, 0.6) is 5.75 Å². The van der Waals surface area contributed by atoms with E-state index in [1.165, 1.54) is 18.5 Å². The first kappa shape index (κ1) is 24.8. The summed E-state index contributed by atoms with van der Waals surface area (Å²) in [4.78, 5) is 8.87. The molecule has 2 aromatic heterocycles. The Labute approximate surface area is 220 Å². The second kappa shape index (κ2) is 10.2. The fourth-order valence-corrected chi connectivity index (χ4v) is 4.32. The minimum Gasteiger partial charge on any atom is -0.487 e. The fraction of sp³-hybridized carbons (Fsp3) is 0.200. The minimum absolute atomic E-state index is 0.144. The van der Waals surface area contributed by atoms with Crippen LogP contribution in [0.25, 0.3) is 22.2 Å². The van der Waals surface area contributed by atoms with Crippen LogP contribution in [-0.2, 0) is 13.0 Å². The van der Waals surface area contributed by atoms with E-state index in [0.717, 1.165) is 45.7 Å². The van der Waals surface area contributed by atoms with E-state index >= 15 is 0 Å². The first-order chi connectivity index (χ1) is 17.7. The predicted molar refractivity (Wildman–Crippen MR) is 146 cm³/mol. The summed E-state index contributed by atoms with van der Waals surface area (Å²) >= 11 is 6.48. The van der Waals surface area contributed by atoms with Gasteiger partial charge in [0.05, 0.1) is 10.5 Å². The Morgan fingerprint density at radius 2 is 1.84 bits per heavy atom. The molecule has 0 bridgehead atoms. The molecule has 0 atom stereocenters. The van der Waals surface area contributed by atoms with Crippen molar-refractivity contribution >= 4 is 34.0 Å². The minimum atomic E-state index is -0.302. The van der Waals surface area contributed by atoms with E-state index in [0.29, 0.717) is 16.6 Å². The van der Waals surface area contributed by atoms with Crippen molar-refractivity contribution in [2.75, 3.05) is 5.32 Å². The molecule has 5 rings (SSSR count). The zero-order valence-corrected chi connectivity index (χ0v) is 21.6. The van der Waals surface area contributed by atoms with Gasteiger partial charge in [-0.2, -0.15) is 0 Å². The molecule has 3 aromatic carbocycles. The molecule has 0 saturated carbocycles. The maximum absolute atomic E-state index is 13.4. The Morgan fingerprint density at radius 3 is 2.62 bits per heavy atom. The second-order valence-corrected chi connectivity index (χ2v) is 10.6. The first-order valence-corrected chi connectivity index (χ1v) is 12.4. The second-order valence-electron chi connectivity index (χ2n) is 10.1. The van der Waals surface area contributed by atoms with Crippen molar-refractivity contribution in [2.24, 2.45) is 5.41 Å². The fourth-order valence-electron chi connectivity index (χ4n) is 4.08. The van der Waals surface area contributed by atoms with Crippen LogP contribution in [0.4, 0.5) is 15.9 Å². The Bertz CT molecular complexity index is 1560. The molecule has 2 heterocycles. The lowest BCUT2D eigenvalue weighted by Gasteiger charge is -2.15. The van der Waals surface area contributed by atoms with Gasteiger partial charge in [0.25, 0.3) is 0 Å². The average molecular weight is 516 g/mol. The van der Waals surface area contributed by atoms with Crippen molar-refractivity contribution in [3.05, 3.63) is 101 Å². The Hall–Kier alpha value is -3.90. The van der Waals surface area contributed by atoms with E-state index in [1.807, 2.05) is 36.4 Å². The van der Waals surface area contributed by atoms with E-state index in [2.05, 4.69) is 36.1 Å². The molecule has 5 nitrogen and oxygen atoms in total. The summed E-state index contributed by atoms with van der Waals surface area (Å²) in [6, 6.07) is 21.7. The van der Waals surface area contributed by atoms with Gasteiger partial charge in [-0.15, -0.1) is 0 Å². The molecule has 0 spiro atoms. The predicted octanol–water partition coefficient (Wildman–Crippen LogP) is 8.59. The molecule has 0 unspecified atom stereocenters. The smallest absolute Gasteiger partial charge is 0.141 e. The van der Waals surface area contributed by atoms with Gasteiger partial charge in [-0.3, -0.25) is 0 Å². The van der Waals surface area contributed by atoms with Crippen LogP contribution in [0.15, 0.2) is 83.5 Å². The van der Waals surface area contributed by atoms with Gasteiger partial charge in [-0.05, 0) is 71.6 Å². The standard InChI is InChI=1S/C30H27ClFN3O2/c1-30(2,3)16-23-9-12-27(37-23)20-7-10-26-24(14-20)29(34-18-33-26)35-22-8-11-28(25(31)15-22)36-17-19-5-4-6-21(32)13-19/h4-15,18H,16-17H2,1-3H3,(H,33,34,35). The molecule has 5 aromatic rings. The van der Waals surface area contributed by atoms with Crippen LogP contribution in [0.3, 0.4) is 0 Å². The summed E-state index contributed by atoms with van der Waals surface area (Å²) in [5, 5.41) is 4.63. The van der Waals surface area contributed by atoms with Gasteiger partial charge in [-0.25, -0.2) is 14.4 Å². The van der Waals surface area contributed by atoms with E-state index in [4.69, 9.17) is 20.8 Å². The molecule has 0 aliphatic carbocycles. The monoisotopic (exact) mass is 515 g/mol. The third kappa shape index (κ3) is 6.09. The molecule has 37 heavy (non-hydrogen) atoms. The van der Waals surface area contributed by atoms with E-state index in [-0.39, 0.29) is 17.8 Å². The molecular weight excluding hydrogens is 489 g/mol. The van der Waals surface area contributed by atoms with Crippen LogP contribution in [-0.4, -0.2) is 9.97 Å². The quantitative estimate of drug-likeness (QED) is 0.235. The van der Waals surface area contributed by atoms with E-state index < -0.39 is 0 Å². The highest BCUT2D eigenvalue weighted by Crippen LogP contribution is 2.33. The van der Waals surface area contributed by atoms with Crippen molar-refractivity contribution in [3.63, 3.8) is 0 Å². The molecule has 0 aliphatic heterocycles. The number of anilines is 2. The number of ether oxygens (including phenoxy) is 1. The normalized spacial score (nSPS) is 11.6. The number of nitrogens with one attached hydrogen (secondary N) is 1. The van der Waals surface area contributed by atoms with Gasteiger partial charge < -0.3 is 14.5 Å². The van der Waals surface area contributed by atoms with E-state index in [1.54, 1.807) is 24.3 Å². The van der Waals surface area contributed by atoms with Gasteiger partial charge in [0.15, 0.2) is 0 Å². The third-order valence-corrected chi connectivity index (χ3v) is 6.06. The maximum Gasteiger partial charge on any atom is 0.141 e. The summed E-state index contributed by atoms with van der Waals surface area (Å²) in [6.07, 6.45) is 2.38. The van der Waals surface area contributed by atoms with Gasteiger partial charge in [-0.1, -0.05) is 44.5 Å². The molecular formula is C30H27ClFN3O2. The molecule has 0 fully saturated rings. The number of fused-ring (bicyclic) bond motifs is 1. The topological polar surface area (TPSA) is 60.2 Å². The summed E-state index contributed by atoms with van der Waals surface area (Å²) in [5.41, 5.74) is 3.38. The molecule has 0 aliphatic rings. The van der Waals surface area contributed by atoms with Gasteiger partial charge in [0.1, 0.15) is 41.8 Å². The van der Waals surface area contributed by atoms with Gasteiger partial charge in [0, 0.05) is 23.1 Å². The molecule has 0 amide bonds. The first-order valence-electron chi connectivity index (χ1n) is 12.0. The Kier molecular flexibility index (Phi) is 6.85. The average Bonchev–Trinajstić information content (AvgIpc) is 3.30. The zero-order valence-electron chi connectivity index (χ0n) is 20.9. The Morgan fingerprint density at radius 1 is 0.973 bits per heavy atom. The molecule has 7 heteroatoms. The van der Waals surface area contributed by atoms with Gasteiger partial charge >= 0.3 is 0 Å². The molecule has 1 N–H and O–H groups in total. The zero-order chi connectivity index (χ0) is 26.0. The highest BCUT2D eigenvalue weighted by molar-refractivity contribution is 6.32. The van der Waals surface area contributed by atoms with Crippen molar-refractivity contribution in [1.29, 1.82) is 0 Å². The van der Waals surface area contributed by atoms with Crippen LogP contribution in [0.1, 0.15) is 32.1 Å². The number of benzene rings is 3. The SMILES string of the molecule is CC(C)(C)Cc1ccc(-c2ccc3ncnc(Nc4ccc(OCc5cccc(F)c5)c(Cl)c4)c3c2)o1. The number of rotatable bonds is 7. The molecule has 188 valence electrons. The highest BCUT2D eigenvalue weighted by atomic mass is 35.5. The lowest BCUT2D eigenvalue weighted by molar-refractivity contribution is 0.306. The van der Waals surface area contributed by atoms with Crippen molar-refractivity contribution in [1.82, 2.24) is 9.97 Å². The molecule has 0 saturated heterocycles. The van der Waals surface area contributed by atoms with Crippen LogP contribution < -0.4 is 10.1 Å². The number of aromatic nitrogens is 2. The molecule has 0 radical (unpaired) electrons. The summed E-state index contributed by atoms with van der Waals surface area (Å²) < 4.78 is 25.3. The van der Waals surface area contributed by atoms with Crippen molar-refractivity contribution < 1.29 is 13.5 Å². The number of furan rings is 1. The number of hydrogen-bond acceptors (Lipinski definition) is 5. The maximum atomic E-state index is 13.4. The lowest BCUT2D eigenvalue weighted by atomic mass is 9.91. The largest absolute Gasteiger partial charge is 0.487 e. The summed E-state index contributed by atoms with van der Waals surface area (Å²) in [6.45, 7) is 6.79. The van der Waals surface area contributed by atoms with E-state index in [9.17, 15) is 4.39 Å². The number of nitrogens with zero attached hydrogens (tertiary/aromatic N) is 2. The van der Waals surface area contributed by atoms with Crippen molar-refractivity contribution in [3.8, 4) is 17.1 Å². The van der Waals surface area contributed by atoms with Crippen LogP contribution in [0, 0.1) is 11.2 Å². The lowest BCUT2D eigenvalue weighted by Crippen LogP contribution is -2.08. The number of halogens is 2. The highest BCUT2D eigenvalue weighted by Gasteiger charge is 2.15. The van der Waals surface area contributed by atoms with Gasteiger partial charge in [0.2, 0.25) is 0 Å². The third-order valence-electron chi connectivity index (χ3n) is 5.76. The summed E-state index contributed by atoms with van der Waals surface area (Å²) in [7, 11) is 0. The van der Waals surface area contributed by atoms with Crippen molar-refractivity contribution in [2.45, 2.75) is 33.8 Å². The van der Waals surface area contributed by atoms with Crippen LogP contribution in [0.2, 0.25) is 5.02 Å². The number of hydrogen-bond donors (Lipinski definition) is 1. The summed E-state index contributed by atoms with van der Waals surface area (Å²) in [5.74, 6) is 2.62.